The van der Waals surface area contributed by atoms with Gasteiger partial charge in [0.15, 0.2) is 5.82 Å². The van der Waals surface area contributed by atoms with Crippen LogP contribution in [0.3, 0.4) is 0 Å². The third-order valence-electron chi connectivity index (χ3n) is 8.66. The predicted molar refractivity (Wildman–Crippen MR) is 134 cm³/mol. The second kappa shape index (κ2) is 9.03. The van der Waals surface area contributed by atoms with E-state index in [4.69, 9.17) is 9.26 Å². The molecule has 4 aliphatic carbocycles. The number of alkyl halides is 2. The van der Waals surface area contributed by atoms with E-state index in [9.17, 15) is 18.7 Å². The highest BCUT2D eigenvalue weighted by atomic mass is 19.3. The monoisotopic (exact) mass is 517 g/mol. The van der Waals surface area contributed by atoms with Crippen molar-refractivity contribution in [3.63, 3.8) is 0 Å². The number of aromatic nitrogens is 2. The molecule has 0 aliphatic heterocycles. The van der Waals surface area contributed by atoms with Crippen molar-refractivity contribution >= 4 is 11.6 Å². The van der Waals surface area contributed by atoms with Crippen LogP contribution in [0, 0.1) is 11.3 Å². The zero-order chi connectivity index (χ0) is 26.6. The van der Waals surface area contributed by atoms with Gasteiger partial charge in [0, 0.05) is 36.6 Å². The van der Waals surface area contributed by atoms with Crippen LogP contribution >= 0.6 is 0 Å². The molecule has 1 aromatic carbocycles. The zero-order valence-corrected chi connectivity index (χ0v) is 22.1. The van der Waals surface area contributed by atoms with Crippen molar-refractivity contribution in [1.29, 1.82) is 0 Å². The second-order valence-electron chi connectivity index (χ2n) is 12.3. The number of hydrogen-bond donors (Lipinski definition) is 1. The molecule has 0 unspecified atom stereocenters. The van der Waals surface area contributed by atoms with Gasteiger partial charge in [-0.3, -0.25) is 4.79 Å². The third kappa shape index (κ3) is 5.11. The van der Waals surface area contributed by atoms with Crippen LogP contribution in [0.15, 0.2) is 28.8 Å². The van der Waals surface area contributed by atoms with Gasteiger partial charge in [0.1, 0.15) is 5.75 Å². The maximum absolute atomic E-state index is 13.7. The fourth-order valence-corrected chi connectivity index (χ4v) is 6.48. The van der Waals surface area contributed by atoms with Crippen LogP contribution < -0.4 is 9.64 Å². The maximum Gasteiger partial charge on any atom is 0.322 e. The van der Waals surface area contributed by atoms with Gasteiger partial charge >= 0.3 is 5.92 Å². The normalized spacial score (nSPS) is 31.3. The molecule has 9 heteroatoms. The molecule has 6 rings (SSSR count). The number of carbonyl (C=O) groups excluding carboxylic acids is 1. The van der Waals surface area contributed by atoms with E-state index in [-0.39, 0.29) is 28.8 Å². The van der Waals surface area contributed by atoms with E-state index in [2.05, 4.69) is 10.1 Å². The van der Waals surface area contributed by atoms with E-state index in [1.54, 1.807) is 6.92 Å². The summed E-state index contributed by atoms with van der Waals surface area (Å²) in [5.74, 6) is -2.85. The number of halogens is 2. The molecule has 1 N–H and O–H groups in total. The molecule has 4 aliphatic rings. The highest BCUT2D eigenvalue weighted by molar-refractivity contribution is 5.96. The lowest BCUT2D eigenvalue weighted by molar-refractivity contribution is -0.137. The molecular weight excluding hydrogens is 480 g/mol. The van der Waals surface area contributed by atoms with Crippen molar-refractivity contribution in [2.45, 2.75) is 102 Å². The van der Waals surface area contributed by atoms with E-state index >= 15 is 0 Å². The number of carbonyl (C=O) groups is 1. The third-order valence-corrected chi connectivity index (χ3v) is 8.66. The van der Waals surface area contributed by atoms with Crippen LogP contribution in [0.1, 0.15) is 90.8 Å². The number of nitrogens with zero attached hydrogens (tertiary/aromatic N) is 3. The summed E-state index contributed by atoms with van der Waals surface area (Å²) in [5.41, 5.74) is -0.401. The van der Waals surface area contributed by atoms with Gasteiger partial charge in [0.25, 0.3) is 5.89 Å². The minimum absolute atomic E-state index is 0.0165. The smallest absolute Gasteiger partial charge is 0.322 e. The summed E-state index contributed by atoms with van der Waals surface area (Å²) in [7, 11) is 0. The molecule has 4 fully saturated rings. The Kier molecular flexibility index (Phi) is 6.36. The Hall–Kier alpha value is -2.55. The fourth-order valence-electron chi connectivity index (χ4n) is 6.48. The summed E-state index contributed by atoms with van der Waals surface area (Å²) in [6, 6.07) is 7.67. The number of anilines is 1. The molecular formula is C28H37F2N3O4. The predicted octanol–water partition coefficient (Wildman–Crippen LogP) is 5.75. The van der Waals surface area contributed by atoms with E-state index in [1.165, 1.54) is 0 Å². The molecule has 7 nitrogen and oxygen atoms in total. The van der Waals surface area contributed by atoms with Crippen LogP contribution in [0.4, 0.5) is 14.5 Å². The Labute approximate surface area is 216 Å². The van der Waals surface area contributed by atoms with E-state index in [0.29, 0.717) is 25.2 Å². The minimum atomic E-state index is -3.16. The Balaban J connectivity index is 1.36. The Morgan fingerprint density at radius 1 is 1.22 bits per heavy atom. The lowest BCUT2D eigenvalue weighted by Gasteiger charge is -2.54. The largest absolute Gasteiger partial charge is 0.491 e. The summed E-state index contributed by atoms with van der Waals surface area (Å²) < 4.78 is 38.2. The van der Waals surface area contributed by atoms with Crippen molar-refractivity contribution in [2.24, 2.45) is 11.3 Å². The Morgan fingerprint density at radius 3 is 2.41 bits per heavy atom. The fraction of sp³-hybridized carbons (Fsp3) is 0.679. The minimum Gasteiger partial charge on any atom is -0.491 e. The van der Waals surface area contributed by atoms with E-state index in [0.717, 1.165) is 56.9 Å². The quantitative estimate of drug-likeness (QED) is 0.479. The number of hydrogen-bond acceptors (Lipinski definition) is 6. The number of fused-ring (bicyclic) bond motifs is 3. The van der Waals surface area contributed by atoms with Crippen LogP contribution in [-0.2, 0) is 16.1 Å². The number of rotatable bonds is 8. The number of amides is 1. The van der Waals surface area contributed by atoms with E-state index in [1.807, 2.05) is 43.0 Å². The molecule has 2 aromatic rings. The van der Waals surface area contributed by atoms with Crippen molar-refractivity contribution in [3.8, 4) is 5.75 Å². The Morgan fingerprint density at radius 2 is 1.86 bits per heavy atom. The molecule has 4 saturated carbocycles. The molecule has 2 bridgehead atoms. The number of ether oxygens (including phenoxy) is 1. The average Bonchev–Trinajstić information content (AvgIpc) is 3.34. The van der Waals surface area contributed by atoms with Crippen LogP contribution in [0.25, 0.3) is 0 Å². The summed E-state index contributed by atoms with van der Waals surface area (Å²) in [6.07, 6.45) is 5.83. The summed E-state index contributed by atoms with van der Waals surface area (Å²) in [4.78, 5) is 19.7. The molecule has 0 atom stereocenters. The van der Waals surface area contributed by atoms with Gasteiger partial charge < -0.3 is 19.3 Å². The summed E-state index contributed by atoms with van der Waals surface area (Å²) in [6.45, 7) is 7.06. The van der Waals surface area contributed by atoms with Gasteiger partial charge in [-0.1, -0.05) is 11.2 Å². The first-order valence-electron chi connectivity index (χ1n) is 13.3. The van der Waals surface area contributed by atoms with Crippen LogP contribution in [0.2, 0.25) is 0 Å². The lowest BCUT2D eigenvalue weighted by Crippen LogP contribution is -2.54. The van der Waals surface area contributed by atoms with Crippen LogP contribution in [0.5, 0.6) is 5.75 Å². The molecule has 202 valence electrons. The highest BCUT2D eigenvalue weighted by Gasteiger charge is 2.54. The van der Waals surface area contributed by atoms with Crippen molar-refractivity contribution in [3.05, 3.63) is 36.0 Å². The topological polar surface area (TPSA) is 88.7 Å². The first-order chi connectivity index (χ1) is 17.3. The summed E-state index contributed by atoms with van der Waals surface area (Å²) in [5, 5.41) is 14.2. The number of aliphatic hydroxyl groups is 1. The molecule has 1 amide bonds. The maximum atomic E-state index is 13.7. The van der Waals surface area contributed by atoms with Crippen LogP contribution in [-0.4, -0.2) is 39.4 Å². The average molecular weight is 518 g/mol. The molecule has 1 aromatic heterocycles. The Bertz CT molecular complexity index is 1120. The first kappa shape index (κ1) is 26.1. The second-order valence-corrected chi connectivity index (χ2v) is 12.3. The van der Waals surface area contributed by atoms with E-state index < -0.39 is 17.4 Å². The van der Waals surface area contributed by atoms with Crippen molar-refractivity contribution < 1.29 is 27.9 Å². The molecule has 1 heterocycles. The highest BCUT2D eigenvalue weighted by Crippen LogP contribution is 2.58. The van der Waals surface area contributed by atoms with Crippen molar-refractivity contribution in [1.82, 2.24) is 10.1 Å². The van der Waals surface area contributed by atoms with Gasteiger partial charge in [-0.15, -0.1) is 0 Å². The van der Waals surface area contributed by atoms with Crippen molar-refractivity contribution in [2.75, 3.05) is 11.4 Å². The standard InChI is InChI=1S/C28H37F2N3O4/c1-18(2)36-21-7-5-6-20(14-21)33(22(34)19-15-25(3,35)16-19)17-27-8-11-28(12-9-27,13-10-27)23-31-24(37-32-23)26(4,29)30/h5-7,14,18-19,35H,8-13,15-17H2,1-4H3. The number of benzene rings is 1. The van der Waals surface area contributed by atoms with Gasteiger partial charge in [-0.05, 0) is 89.7 Å². The lowest BCUT2D eigenvalue weighted by atomic mass is 9.53. The van der Waals surface area contributed by atoms with Gasteiger partial charge in [-0.2, -0.15) is 13.8 Å². The van der Waals surface area contributed by atoms with Gasteiger partial charge in [0.05, 0.1) is 11.7 Å². The SMILES string of the molecule is CC(C)Oc1cccc(N(CC23CCC(c4noc(C(C)(F)F)n4)(CC2)CC3)C(=O)C2CC(C)(O)C2)c1. The molecule has 37 heavy (non-hydrogen) atoms. The zero-order valence-electron chi connectivity index (χ0n) is 22.1. The molecule has 0 radical (unpaired) electrons. The van der Waals surface area contributed by atoms with Gasteiger partial charge in [-0.25, -0.2) is 0 Å². The molecule has 0 saturated heterocycles. The first-order valence-corrected chi connectivity index (χ1v) is 13.3. The summed E-state index contributed by atoms with van der Waals surface area (Å²) >= 11 is 0. The molecule has 0 spiro atoms. The van der Waals surface area contributed by atoms with Gasteiger partial charge in [0.2, 0.25) is 5.91 Å².